The minimum atomic E-state index is -5.37. The molecule has 0 heterocycles. The van der Waals surface area contributed by atoms with E-state index < -0.39 is 20.2 Å². The highest BCUT2D eigenvalue weighted by Crippen LogP contribution is 2.35. The van der Waals surface area contributed by atoms with Gasteiger partial charge in [-0.2, -0.15) is 13.2 Å². The summed E-state index contributed by atoms with van der Waals surface area (Å²) in [7, 11) is -5.37. The number of halogens is 4. The maximum Gasteiger partial charge on any atom is 0.501 e. The Morgan fingerprint density at radius 1 is 1.26 bits per heavy atom. The smallest absolute Gasteiger partial charge is 0.370 e. The number of hydrogen-bond donors (Lipinski definition) is 0. The maximum atomic E-state index is 12.6. The number of rotatable bonds is 5. The van der Waals surface area contributed by atoms with Gasteiger partial charge >= 0.3 is 5.51 Å². The van der Waals surface area contributed by atoms with E-state index in [2.05, 4.69) is 0 Å². The Morgan fingerprint density at radius 2 is 1.84 bits per heavy atom. The first-order chi connectivity index (χ1) is 8.75. The molecule has 0 aliphatic heterocycles. The molecule has 0 unspecified atom stereocenters. The molecule has 0 saturated carbocycles. The summed E-state index contributed by atoms with van der Waals surface area (Å²) in [5.74, 6) is 0.189. The summed E-state index contributed by atoms with van der Waals surface area (Å²) in [6.45, 7) is 2.34. The molecule has 1 rings (SSSR count). The highest BCUT2D eigenvalue weighted by molar-refractivity contribution is 7.92. The van der Waals surface area contributed by atoms with E-state index in [1.807, 2.05) is 0 Å². The van der Waals surface area contributed by atoms with Crippen molar-refractivity contribution in [3.8, 4) is 0 Å². The molecule has 0 spiro atoms. The molecule has 0 aromatic heterocycles. The minimum Gasteiger partial charge on any atom is -0.370 e. The Morgan fingerprint density at radius 3 is 2.32 bits per heavy atom. The molecule has 108 valence electrons. The zero-order chi connectivity index (χ0) is 14.7. The Bertz CT molecular complexity index is 531. The van der Waals surface area contributed by atoms with Crippen LogP contribution in [0.4, 0.5) is 18.9 Å². The quantitative estimate of drug-likeness (QED) is 0.784. The van der Waals surface area contributed by atoms with Crippen molar-refractivity contribution in [1.82, 2.24) is 0 Å². The molecule has 3 nitrogen and oxygen atoms in total. The number of anilines is 1. The lowest BCUT2D eigenvalue weighted by atomic mass is 10.3. The molecule has 0 fully saturated rings. The van der Waals surface area contributed by atoms with Crippen LogP contribution in [0.15, 0.2) is 29.2 Å². The van der Waals surface area contributed by atoms with Crippen LogP contribution in [0.1, 0.15) is 6.92 Å². The fraction of sp³-hybridized carbons (Fsp3) is 0.455. The lowest BCUT2D eigenvalue weighted by Gasteiger charge is -2.24. The summed E-state index contributed by atoms with van der Waals surface area (Å²) >= 11 is 5.57. The van der Waals surface area contributed by atoms with Crippen molar-refractivity contribution in [3.05, 3.63) is 24.3 Å². The molecule has 8 heteroatoms. The van der Waals surface area contributed by atoms with Crippen molar-refractivity contribution in [2.24, 2.45) is 0 Å². The summed E-state index contributed by atoms with van der Waals surface area (Å²) in [6.07, 6.45) is 0. The van der Waals surface area contributed by atoms with E-state index in [9.17, 15) is 21.6 Å². The number of sulfone groups is 1. The van der Waals surface area contributed by atoms with Crippen LogP contribution in [0.25, 0.3) is 0 Å². The van der Waals surface area contributed by atoms with Crippen LogP contribution in [0.3, 0.4) is 0 Å². The third-order valence-electron chi connectivity index (χ3n) is 2.54. The van der Waals surface area contributed by atoms with E-state index in [-0.39, 0.29) is 18.1 Å². The van der Waals surface area contributed by atoms with E-state index >= 15 is 0 Å². The molecule has 0 aliphatic carbocycles. The van der Waals surface area contributed by atoms with Gasteiger partial charge in [0, 0.05) is 19.0 Å². The van der Waals surface area contributed by atoms with Gasteiger partial charge in [0.15, 0.2) is 0 Å². The zero-order valence-corrected chi connectivity index (χ0v) is 11.7. The van der Waals surface area contributed by atoms with Gasteiger partial charge in [-0.1, -0.05) is 12.1 Å². The van der Waals surface area contributed by atoms with Gasteiger partial charge in [-0.3, -0.25) is 0 Å². The second-order valence-electron chi connectivity index (χ2n) is 3.69. The van der Waals surface area contributed by atoms with Gasteiger partial charge in [0.2, 0.25) is 0 Å². The van der Waals surface area contributed by atoms with Gasteiger partial charge in [0.05, 0.1) is 10.6 Å². The van der Waals surface area contributed by atoms with Crippen molar-refractivity contribution < 1.29 is 21.6 Å². The summed E-state index contributed by atoms with van der Waals surface area (Å²) in [4.78, 5) is 0.750. The molecular weight excluding hydrogens is 303 g/mol. The Kier molecular flexibility index (Phi) is 5.09. The SMILES string of the molecule is CCN(CCCl)c1ccccc1S(=O)(=O)C(F)(F)F. The third-order valence-corrected chi connectivity index (χ3v) is 4.24. The summed E-state index contributed by atoms with van der Waals surface area (Å²) in [5, 5.41) is 0. The fourth-order valence-electron chi connectivity index (χ4n) is 1.62. The van der Waals surface area contributed by atoms with Crippen molar-refractivity contribution >= 4 is 27.1 Å². The highest BCUT2D eigenvalue weighted by Gasteiger charge is 2.48. The van der Waals surface area contributed by atoms with E-state index in [1.165, 1.54) is 23.1 Å². The van der Waals surface area contributed by atoms with Crippen LogP contribution in [-0.4, -0.2) is 32.9 Å². The van der Waals surface area contributed by atoms with Crippen LogP contribution in [0.2, 0.25) is 0 Å². The standard InChI is InChI=1S/C11H13ClF3NO2S/c1-2-16(8-7-12)9-5-3-4-6-10(9)19(17,18)11(13,14)15/h3-6H,2,7-8H2,1H3. The molecule has 1 aromatic rings. The number of nitrogens with zero attached hydrogens (tertiary/aromatic N) is 1. The molecule has 0 N–H and O–H groups in total. The normalized spacial score (nSPS) is 12.5. The van der Waals surface area contributed by atoms with Gasteiger partial charge in [-0.05, 0) is 19.1 Å². The summed E-state index contributed by atoms with van der Waals surface area (Å²) < 4.78 is 60.9. The number of hydrogen-bond acceptors (Lipinski definition) is 3. The molecule has 0 aliphatic rings. The molecule has 0 bridgehead atoms. The molecule has 0 radical (unpaired) electrons. The molecule has 0 saturated heterocycles. The zero-order valence-electron chi connectivity index (χ0n) is 10.1. The van der Waals surface area contributed by atoms with Crippen molar-refractivity contribution in [3.63, 3.8) is 0 Å². The molecule has 0 amide bonds. The van der Waals surface area contributed by atoms with E-state index in [0.29, 0.717) is 6.54 Å². The summed E-state index contributed by atoms with van der Waals surface area (Å²) in [5.41, 5.74) is -5.30. The van der Waals surface area contributed by atoms with Gasteiger partial charge in [0.1, 0.15) is 0 Å². The molecular formula is C11H13ClF3NO2S. The first-order valence-electron chi connectivity index (χ1n) is 5.47. The van der Waals surface area contributed by atoms with Crippen molar-refractivity contribution in [1.29, 1.82) is 0 Å². The first-order valence-corrected chi connectivity index (χ1v) is 7.48. The predicted octanol–water partition coefficient (Wildman–Crippen LogP) is 3.05. The van der Waals surface area contributed by atoms with Crippen LogP contribution >= 0.6 is 11.6 Å². The van der Waals surface area contributed by atoms with E-state index in [1.54, 1.807) is 6.92 Å². The highest BCUT2D eigenvalue weighted by atomic mass is 35.5. The summed E-state index contributed by atoms with van der Waals surface area (Å²) in [6, 6.07) is 5.04. The van der Waals surface area contributed by atoms with Gasteiger partial charge < -0.3 is 4.90 Å². The monoisotopic (exact) mass is 315 g/mol. The Labute approximate surface area is 114 Å². The predicted molar refractivity (Wildman–Crippen MR) is 68.3 cm³/mol. The maximum absolute atomic E-state index is 12.6. The van der Waals surface area contributed by atoms with Crippen LogP contribution < -0.4 is 4.90 Å². The topological polar surface area (TPSA) is 37.4 Å². The first kappa shape index (κ1) is 16.1. The average Bonchev–Trinajstić information content (AvgIpc) is 2.34. The Hall–Kier alpha value is -0.950. The second kappa shape index (κ2) is 6.00. The van der Waals surface area contributed by atoms with Crippen LogP contribution in [0.5, 0.6) is 0 Å². The largest absolute Gasteiger partial charge is 0.501 e. The van der Waals surface area contributed by atoms with Crippen LogP contribution in [0, 0.1) is 0 Å². The van der Waals surface area contributed by atoms with Crippen molar-refractivity contribution in [2.75, 3.05) is 23.9 Å². The average molecular weight is 316 g/mol. The lowest BCUT2D eigenvalue weighted by Crippen LogP contribution is -2.30. The number of benzene rings is 1. The van der Waals surface area contributed by atoms with Gasteiger partial charge in [0.25, 0.3) is 9.84 Å². The molecule has 1 aromatic carbocycles. The second-order valence-corrected chi connectivity index (χ2v) is 5.97. The number of alkyl halides is 4. The molecule has 0 atom stereocenters. The van der Waals surface area contributed by atoms with Gasteiger partial charge in [-0.25, -0.2) is 8.42 Å². The van der Waals surface area contributed by atoms with Crippen LogP contribution in [-0.2, 0) is 9.84 Å². The Balaban J connectivity index is 3.39. The fourth-order valence-corrected chi connectivity index (χ4v) is 2.80. The minimum absolute atomic E-state index is 0.0166. The van der Waals surface area contributed by atoms with E-state index in [4.69, 9.17) is 11.6 Å². The lowest BCUT2D eigenvalue weighted by molar-refractivity contribution is -0.0435. The number of para-hydroxylation sites is 1. The van der Waals surface area contributed by atoms with E-state index in [0.717, 1.165) is 6.07 Å². The van der Waals surface area contributed by atoms with Crippen molar-refractivity contribution in [2.45, 2.75) is 17.3 Å². The molecule has 19 heavy (non-hydrogen) atoms. The van der Waals surface area contributed by atoms with Gasteiger partial charge in [-0.15, -0.1) is 11.6 Å². The third kappa shape index (κ3) is 3.33.